The Kier molecular flexibility index (Phi) is 4.02. The lowest BCUT2D eigenvalue weighted by Gasteiger charge is -2.21. The smallest absolute Gasteiger partial charge is 0.267 e. The first kappa shape index (κ1) is 14.8. The zero-order chi connectivity index (χ0) is 15.6. The van der Waals surface area contributed by atoms with Crippen LogP contribution < -0.4 is 5.43 Å². The van der Waals surface area contributed by atoms with Crippen LogP contribution in [0.1, 0.15) is 29.6 Å². The fourth-order valence-corrected chi connectivity index (χ4v) is 2.58. The van der Waals surface area contributed by atoms with E-state index in [1.165, 1.54) is 6.20 Å². The Morgan fingerprint density at radius 3 is 2.91 bits per heavy atom. The third-order valence-corrected chi connectivity index (χ3v) is 3.83. The molecule has 4 nitrogen and oxygen atoms in total. The van der Waals surface area contributed by atoms with Gasteiger partial charge >= 0.3 is 0 Å². The van der Waals surface area contributed by atoms with Crippen molar-refractivity contribution in [1.82, 2.24) is 15.4 Å². The molecular weight excluding hydrogens is 288 g/mol. The van der Waals surface area contributed by atoms with Crippen LogP contribution in [0.3, 0.4) is 0 Å². The van der Waals surface area contributed by atoms with E-state index in [0.717, 1.165) is 10.9 Å². The molecule has 0 bridgehead atoms. The molecule has 0 spiro atoms. The number of hydrogen-bond acceptors (Lipinski definition) is 3. The molecule has 1 aliphatic heterocycles. The Bertz CT molecular complexity index is 690. The van der Waals surface area contributed by atoms with E-state index < -0.39 is 5.92 Å². The normalized spacial score (nSPS) is 18.8. The zero-order valence-corrected chi connectivity index (χ0v) is 12.1. The van der Waals surface area contributed by atoms with Gasteiger partial charge in [-0.2, -0.15) is 0 Å². The number of aromatic nitrogens is 1. The molecule has 0 atom stereocenters. The predicted octanol–water partition coefficient (Wildman–Crippen LogP) is 3.00. The van der Waals surface area contributed by atoms with Crippen LogP contribution in [0.4, 0.5) is 8.78 Å². The topological polar surface area (TPSA) is 45.2 Å². The van der Waals surface area contributed by atoms with Gasteiger partial charge in [0.1, 0.15) is 0 Å². The van der Waals surface area contributed by atoms with Crippen molar-refractivity contribution in [3.63, 3.8) is 0 Å². The summed E-state index contributed by atoms with van der Waals surface area (Å²) in [6.45, 7) is 0.585. The number of hydrogen-bond donors (Lipinski definition) is 1. The minimum atomic E-state index is -2.63. The number of hydrazine groups is 1. The van der Waals surface area contributed by atoms with Crippen LogP contribution in [0, 0.1) is 0 Å². The van der Waals surface area contributed by atoms with Gasteiger partial charge in [-0.05, 0) is 18.6 Å². The summed E-state index contributed by atoms with van der Waals surface area (Å²) in [6.07, 6.45) is 1.51. The fourth-order valence-electron chi connectivity index (χ4n) is 2.58. The molecule has 116 valence electrons. The zero-order valence-electron chi connectivity index (χ0n) is 12.1. The average Bonchev–Trinajstić information content (AvgIpc) is 2.68. The van der Waals surface area contributed by atoms with Crippen molar-refractivity contribution in [3.8, 4) is 0 Å². The van der Waals surface area contributed by atoms with Crippen molar-refractivity contribution in [2.45, 2.75) is 25.2 Å². The molecule has 1 aromatic heterocycles. The minimum Gasteiger partial charge on any atom is -0.285 e. The number of pyridine rings is 1. The molecule has 1 amide bonds. The summed E-state index contributed by atoms with van der Waals surface area (Å²) in [5.41, 5.74) is 3.94. The van der Waals surface area contributed by atoms with Crippen molar-refractivity contribution < 1.29 is 13.6 Å². The Morgan fingerprint density at radius 2 is 2.05 bits per heavy atom. The average molecular weight is 305 g/mol. The van der Waals surface area contributed by atoms with Gasteiger partial charge in [-0.1, -0.05) is 18.2 Å². The maximum absolute atomic E-state index is 13.3. The summed E-state index contributed by atoms with van der Waals surface area (Å²) < 4.78 is 26.6. The van der Waals surface area contributed by atoms with Crippen molar-refractivity contribution in [1.29, 1.82) is 0 Å². The van der Waals surface area contributed by atoms with Crippen LogP contribution in [0.15, 0.2) is 36.5 Å². The number of nitrogens with one attached hydrogen (secondary N) is 1. The van der Waals surface area contributed by atoms with Gasteiger partial charge in [0.05, 0.1) is 11.1 Å². The van der Waals surface area contributed by atoms with Crippen LogP contribution in [-0.4, -0.2) is 34.9 Å². The number of fused-ring (bicyclic) bond motifs is 1. The number of para-hydroxylation sites is 1. The fraction of sp³-hybridized carbons (Fsp3) is 0.375. The van der Waals surface area contributed by atoms with Gasteiger partial charge in [0.15, 0.2) is 0 Å². The van der Waals surface area contributed by atoms with Gasteiger partial charge in [-0.15, -0.1) is 0 Å². The Morgan fingerprint density at radius 1 is 1.23 bits per heavy atom. The predicted molar refractivity (Wildman–Crippen MR) is 79.6 cm³/mol. The van der Waals surface area contributed by atoms with Gasteiger partial charge in [-0.3, -0.25) is 15.2 Å². The molecule has 6 heteroatoms. The van der Waals surface area contributed by atoms with E-state index >= 15 is 0 Å². The number of halogens is 2. The molecule has 1 saturated heterocycles. The molecule has 0 aliphatic carbocycles. The summed E-state index contributed by atoms with van der Waals surface area (Å²) in [7, 11) is 0. The van der Waals surface area contributed by atoms with Crippen LogP contribution in [0.5, 0.6) is 0 Å². The van der Waals surface area contributed by atoms with Crippen molar-refractivity contribution in [2.24, 2.45) is 0 Å². The second kappa shape index (κ2) is 5.96. The molecule has 0 unspecified atom stereocenters. The summed E-state index contributed by atoms with van der Waals surface area (Å²) in [4.78, 5) is 16.5. The van der Waals surface area contributed by atoms with Gasteiger partial charge in [0, 0.05) is 37.5 Å². The molecule has 3 rings (SSSR count). The Balaban J connectivity index is 1.70. The largest absolute Gasteiger partial charge is 0.285 e. The molecule has 1 aromatic carbocycles. The molecule has 1 N–H and O–H groups in total. The molecule has 0 radical (unpaired) electrons. The summed E-state index contributed by atoms with van der Waals surface area (Å²) >= 11 is 0. The first-order chi connectivity index (χ1) is 10.5. The monoisotopic (exact) mass is 305 g/mol. The summed E-state index contributed by atoms with van der Waals surface area (Å²) in [5.74, 6) is -2.95. The van der Waals surface area contributed by atoms with Gasteiger partial charge < -0.3 is 0 Å². The highest BCUT2D eigenvalue weighted by Gasteiger charge is 2.32. The van der Waals surface area contributed by atoms with Crippen LogP contribution in [0.2, 0.25) is 0 Å². The van der Waals surface area contributed by atoms with E-state index in [-0.39, 0.29) is 25.3 Å². The second-order valence-corrected chi connectivity index (χ2v) is 5.55. The van der Waals surface area contributed by atoms with E-state index in [4.69, 9.17) is 0 Å². The lowest BCUT2D eigenvalue weighted by molar-refractivity contribution is -0.0142. The molecular formula is C16H17F2N3O. The van der Waals surface area contributed by atoms with E-state index in [0.29, 0.717) is 18.5 Å². The molecule has 0 saturated carbocycles. The van der Waals surface area contributed by atoms with E-state index in [1.54, 1.807) is 11.1 Å². The third kappa shape index (κ3) is 3.39. The van der Waals surface area contributed by atoms with Crippen LogP contribution >= 0.6 is 0 Å². The standard InChI is InChI=1S/C16H17F2N3O/c17-16(18)6-3-8-21(9-7-16)20-15(22)13-10-12-4-1-2-5-14(12)19-11-13/h1-2,4-5,10-11H,3,6-9H2,(H,20,22). The van der Waals surface area contributed by atoms with Crippen LogP contribution in [-0.2, 0) is 0 Å². The van der Waals surface area contributed by atoms with E-state index in [9.17, 15) is 13.6 Å². The number of amides is 1. The van der Waals surface area contributed by atoms with Crippen molar-refractivity contribution in [3.05, 3.63) is 42.1 Å². The lowest BCUT2D eigenvalue weighted by atomic mass is 10.1. The summed E-state index contributed by atoms with van der Waals surface area (Å²) in [5, 5.41) is 2.44. The highest BCUT2D eigenvalue weighted by molar-refractivity contribution is 5.96. The minimum absolute atomic E-state index is 0.128. The van der Waals surface area contributed by atoms with Gasteiger partial charge in [-0.25, -0.2) is 13.8 Å². The summed E-state index contributed by atoms with van der Waals surface area (Å²) in [6, 6.07) is 9.26. The lowest BCUT2D eigenvalue weighted by Crippen LogP contribution is -2.43. The Hall–Kier alpha value is -2.08. The molecule has 1 aliphatic rings. The third-order valence-electron chi connectivity index (χ3n) is 3.83. The SMILES string of the molecule is O=C(NN1CCCC(F)(F)CC1)c1cnc2ccccc2c1. The number of benzene rings is 1. The molecule has 1 fully saturated rings. The van der Waals surface area contributed by atoms with Crippen molar-refractivity contribution >= 4 is 16.8 Å². The number of rotatable bonds is 2. The quantitative estimate of drug-likeness (QED) is 0.927. The van der Waals surface area contributed by atoms with Gasteiger partial charge in [0.25, 0.3) is 5.91 Å². The molecule has 2 aromatic rings. The molecule has 2 heterocycles. The van der Waals surface area contributed by atoms with E-state index in [2.05, 4.69) is 10.4 Å². The number of carbonyl (C=O) groups is 1. The number of nitrogens with zero attached hydrogens (tertiary/aromatic N) is 2. The number of carbonyl (C=O) groups excluding carboxylic acids is 1. The maximum atomic E-state index is 13.3. The second-order valence-electron chi connectivity index (χ2n) is 5.55. The first-order valence-corrected chi connectivity index (χ1v) is 7.32. The van der Waals surface area contributed by atoms with Gasteiger partial charge in [0.2, 0.25) is 5.92 Å². The van der Waals surface area contributed by atoms with Crippen molar-refractivity contribution in [2.75, 3.05) is 13.1 Å². The Labute approximate surface area is 127 Å². The highest BCUT2D eigenvalue weighted by Crippen LogP contribution is 2.27. The van der Waals surface area contributed by atoms with Crippen LogP contribution in [0.25, 0.3) is 10.9 Å². The number of alkyl halides is 2. The molecule has 22 heavy (non-hydrogen) atoms. The first-order valence-electron chi connectivity index (χ1n) is 7.32. The van der Waals surface area contributed by atoms with E-state index in [1.807, 2.05) is 24.3 Å². The maximum Gasteiger partial charge on any atom is 0.267 e. The highest BCUT2D eigenvalue weighted by atomic mass is 19.3.